The molecule has 0 radical (unpaired) electrons. The Morgan fingerprint density at radius 1 is 1.33 bits per heavy atom. The van der Waals surface area contributed by atoms with Crippen LogP contribution in [-0.2, 0) is 9.53 Å². The fraction of sp³-hybridized carbons (Fsp3) is 0.562. The summed E-state index contributed by atoms with van der Waals surface area (Å²) in [6.45, 7) is 2.51. The van der Waals surface area contributed by atoms with Crippen molar-refractivity contribution in [3.05, 3.63) is 24.3 Å². The average Bonchev–Trinajstić information content (AvgIpc) is 2.99. The third-order valence-corrected chi connectivity index (χ3v) is 3.74. The van der Waals surface area contributed by atoms with Crippen molar-refractivity contribution in [2.45, 2.75) is 18.8 Å². The van der Waals surface area contributed by atoms with Crippen LogP contribution in [0.5, 0.6) is 5.75 Å². The number of alkyl halides is 3. The minimum absolute atomic E-state index is 0. The zero-order valence-electron chi connectivity index (χ0n) is 14.8. The number of carbonyl (C=O) groups is 1. The zero-order valence-corrected chi connectivity index (χ0v) is 16.4. The molecule has 1 heterocycles. The normalized spacial score (nSPS) is 16.3. The molecule has 1 aliphatic heterocycles. The highest BCUT2D eigenvalue weighted by atomic mass is 35.5. The van der Waals surface area contributed by atoms with Crippen molar-refractivity contribution < 1.29 is 27.4 Å². The molecule has 27 heavy (non-hydrogen) atoms. The smallest absolute Gasteiger partial charge is 0.406 e. The molecule has 6 nitrogen and oxygen atoms in total. The SMILES string of the molecule is COCCNCC(=O)NC1CCN(c2cccc(OC(F)(F)F)c2)C1.Cl.Cl. The summed E-state index contributed by atoms with van der Waals surface area (Å²) in [6.07, 6.45) is -3.98. The number of ether oxygens (including phenoxy) is 2. The molecule has 2 rings (SSSR count). The third-order valence-electron chi connectivity index (χ3n) is 3.74. The highest BCUT2D eigenvalue weighted by Crippen LogP contribution is 2.28. The van der Waals surface area contributed by atoms with E-state index in [4.69, 9.17) is 4.74 Å². The van der Waals surface area contributed by atoms with Gasteiger partial charge >= 0.3 is 6.36 Å². The zero-order chi connectivity index (χ0) is 18.3. The number of methoxy groups -OCH3 is 1. The van der Waals surface area contributed by atoms with E-state index < -0.39 is 6.36 Å². The first-order chi connectivity index (χ1) is 11.9. The van der Waals surface area contributed by atoms with Crippen LogP contribution < -0.4 is 20.3 Å². The number of hydrogen-bond donors (Lipinski definition) is 2. The number of amides is 1. The summed E-state index contributed by atoms with van der Waals surface area (Å²) in [6, 6.07) is 5.81. The van der Waals surface area contributed by atoms with E-state index in [9.17, 15) is 18.0 Å². The molecule has 0 saturated carbocycles. The van der Waals surface area contributed by atoms with Gasteiger partial charge in [-0.2, -0.15) is 0 Å². The van der Waals surface area contributed by atoms with Gasteiger partial charge in [0, 0.05) is 44.5 Å². The van der Waals surface area contributed by atoms with E-state index in [1.807, 2.05) is 4.90 Å². The summed E-state index contributed by atoms with van der Waals surface area (Å²) in [7, 11) is 1.59. The van der Waals surface area contributed by atoms with Crippen LogP contribution in [0, 0.1) is 0 Å². The van der Waals surface area contributed by atoms with Crippen molar-refractivity contribution in [1.29, 1.82) is 0 Å². The Balaban J connectivity index is 0.00000338. The number of anilines is 1. The summed E-state index contributed by atoms with van der Waals surface area (Å²) in [5, 5.41) is 5.87. The first-order valence-corrected chi connectivity index (χ1v) is 7.97. The molecule has 0 bridgehead atoms. The lowest BCUT2D eigenvalue weighted by Gasteiger charge is -2.20. The summed E-state index contributed by atoms with van der Waals surface area (Å²) >= 11 is 0. The van der Waals surface area contributed by atoms with Crippen LogP contribution in [0.25, 0.3) is 0 Å². The van der Waals surface area contributed by atoms with Crippen LogP contribution in [0.15, 0.2) is 24.3 Å². The van der Waals surface area contributed by atoms with Gasteiger partial charge < -0.3 is 25.0 Å². The molecule has 1 aromatic carbocycles. The Kier molecular flexibility index (Phi) is 11.5. The Labute approximate surface area is 168 Å². The summed E-state index contributed by atoms with van der Waals surface area (Å²) in [4.78, 5) is 13.8. The van der Waals surface area contributed by atoms with E-state index in [-0.39, 0.29) is 49.1 Å². The van der Waals surface area contributed by atoms with Crippen molar-refractivity contribution in [2.75, 3.05) is 44.8 Å². The topological polar surface area (TPSA) is 62.8 Å². The highest BCUT2D eigenvalue weighted by molar-refractivity contribution is 5.85. The van der Waals surface area contributed by atoms with Gasteiger partial charge in [-0.1, -0.05) is 6.07 Å². The van der Waals surface area contributed by atoms with E-state index in [1.165, 1.54) is 18.2 Å². The van der Waals surface area contributed by atoms with Gasteiger partial charge in [0.05, 0.1) is 13.2 Å². The molecular formula is C16H24Cl2F3N3O3. The van der Waals surface area contributed by atoms with Crippen molar-refractivity contribution in [2.24, 2.45) is 0 Å². The summed E-state index contributed by atoms with van der Waals surface area (Å²) in [5.41, 5.74) is 0.636. The van der Waals surface area contributed by atoms with Crippen molar-refractivity contribution in [1.82, 2.24) is 10.6 Å². The maximum Gasteiger partial charge on any atom is 0.573 e. The Morgan fingerprint density at radius 3 is 2.74 bits per heavy atom. The van der Waals surface area contributed by atoms with E-state index in [0.717, 1.165) is 6.42 Å². The first kappa shape index (κ1) is 25.6. The standard InChI is InChI=1S/C16H22F3N3O3.2ClH/c1-24-8-6-20-10-15(23)21-12-5-7-22(11-12)13-3-2-4-14(9-13)25-16(17,18)19;;/h2-4,9,12,20H,5-8,10-11H2,1H3,(H,21,23);2*1H. The van der Waals surface area contributed by atoms with Crippen LogP contribution in [0.4, 0.5) is 18.9 Å². The molecule has 1 amide bonds. The second-order valence-corrected chi connectivity index (χ2v) is 5.71. The number of benzene rings is 1. The lowest BCUT2D eigenvalue weighted by atomic mass is 10.2. The lowest BCUT2D eigenvalue weighted by molar-refractivity contribution is -0.274. The number of hydrogen-bond acceptors (Lipinski definition) is 5. The highest BCUT2D eigenvalue weighted by Gasteiger charge is 2.31. The maximum atomic E-state index is 12.3. The van der Waals surface area contributed by atoms with Crippen LogP contribution in [0.2, 0.25) is 0 Å². The fourth-order valence-electron chi connectivity index (χ4n) is 2.64. The molecule has 11 heteroatoms. The Morgan fingerprint density at radius 2 is 2.07 bits per heavy atom. The Hall–Kier alpha value is -1.42. The molecule has 0 spiro atoms. The third kappa shape index (κ3) is 9.37. The van der Waals surface area contributed by atoms with Gasteiger partial charge in [0.2, 0.25) is 5.91 Å². The molecular weight excluding hydrogens is 410 g/mol. The van der Waals surface area contributed by atoms with Crippen LogP contribution in [0.1, 0.15) is 6.42 Å². The maximum absolute atomic E-state index is 12.3. The minimum Gasteiger partial charge on any atom is -0.406 e. The van der Waals surface area contributed by atoms with Gasteiger partial charge in [-0.05, 0) is 18.6 Å². The second-order valence-electron chi connectivity index (χ2n) is 5.71. The number of nitrogens with one attached hydrogen (secondary N) is 2. The molecule has 156 valence electrons. The molecule has 0 aromatic heterocycles. The van der Waals surface area contributed by atoms with Gasteiger partial charge in [-0.15, -0.1) is 38.0 Å². The van der Waals surface area contributed by atoms with Crippen LogP contribution >= 0.6 is 24.8 Å². The van der Waals surface area contributed by atoms with Crippen molar-refractivity contribution >= 4 is 36.4 Å². The summed E-state index contributed by atoms with van der Waals surface area (Å²) in [5.74, 6) is -0.364. The molecule has 1 saturated heterocycles. The summed E-state index contributed by atoms with van der Waals surface area (Å²) < 4.78 is 45.7. The van der Waals surface area contributed by atoms with Crippen LogP contribution in [0.3, 0.4) is 0 Å². The Bertz CT molecular complexity index is 579. The van der Waals surface area contributed by atoms with Gasteiger partial charge in [0.25, 0.3) is 0 Å². The molecule has 1 atom stereocenters. The lowest BCUT2D eigenvalue weighted by Crippen LogP contribution is -2.42. The first-order valence-electron chi connectivity index (χ1n) is 7.97. The number of halogens is 5. The molecule has 1 fully saturated rings. The van der Waals surface area contributed by atoms with E-state index >= 15 is 0 Å². The molecule has 1 unspecified atom stereocenters. The minimum atomic E-state index is -4.71. The number of nitrogens with zero attached hydrogens (tertiary/aromatic N) is 1. The largest absolute Gasteiger partial charge is 0.573 e. The van der Waals surface area contributed by atoms with Crippen molar-refractivity contribution in [3.63, 3.8) is 0 Å². The number of carbonyl (C=O) groups excluding carboxylic acids is 1. The monoisotopic (exact) mass is 433 g/mol. The predicted molar refractivity (Wildman–Crippen MR) is 101 cm³/mol. The molecule has 1 aliphatic rings. The van der Waals surface area contributed by atoms with E-state index in [0.29, 0.717) is 31.9 Å². The average molecular weight is 434 g/mol. The van der Waals surface area contributed by atoms with Gasteiger partial charge in [-0.3, -0.25) is 4.79 Å². The fourth-order valence-corrected chi connectivity index (χ4v) is 2.64. The predicted octanol–water partition coefficient (Wildman–Crippen LogP) is 2.36. The quantitative estimate of drug-likeness (QED) is 0.616. The molecule has 0 aliphatic carbocycles. The molecule has 1 aromatic rings. The van der Waals surface area contributed by atoms with Gasteiger partial charge in [0.1, 0.15) is 5.75 Å². The van der Waals surface area contributed by atoms with E-state index in [1.54, 1.807) is 13.2 Å². The van der Waals surface area contributed by atoms with Crippen LogP contribution in [-0.4, -0.2) is 58.2 Å². The number of rotatable bonds is 8. The molecule has 2 N–H and O–H groups in total. The van der Waals surface area contributed by atoms with Crippen molar-refractivity contribution in [3.8, 4) is 5.75 Å². The van der Waals surface area contributed by atoms with Gasteiger partial charge in [-0.25, -0.2) is 0 Å². The second kappa shape index (κ2) is 12.1. The van der Waals surface area contributed by atoms with E-state index in [2.05, 4.69) is 15.4 Å². The van der Waals surface area contributed by atoms with Gasteiger partial charge in [0.15, 0.2) is 0 Å².